The summed E-state index contributed by atoms with van der Waals surface area (Å²) in [7, 11) is 0. The maximum atomic E-state index is 12.6. The standard InChI is InChI=1S/C20H21NO4/c22-12-6-11-21(20(24)25)16(13-15-7-2-1-3-8-15)14-19(23)17-9-4-5-10-18(17)21/h1-5,7-10,16,22H,6,11-14H2/p+1. The maximum absolute atomic E-state index is 12.6. The van der Waals surface area contributed by atoms with Crippen molar-refractivity contribution in [2.45, 2.75) is 25.3 Å². The minimum atomic E-state index is -0.977. The van der Waals surface area contributed by atoms with E-state index in [1.54, 1.807) is 24.3 Å². The number of benzene rings is 2. The molecule has 130 valence electrons. The van der Waals surface area contributed by atoms with Gasteiger partial charge in [-0.1, -0.05) is 42.5 Å². The average molecular weight is 340 g/mol. The maximum Gasteiger partial charge on any atom is 0.519 e. The third-order valence-electron chi connectivity index (χ3n) is 5.00. The molecule has 3 rings (SSSR count). The van der Waals surface area contributed by atoms with E-state index in [0.29, 0.717) is 24.1 Å². The average Bonchev–Trinajstić information content (AvgIpc) is 2.62. The lowest BCUT2D eigenvalue weighted by molar-refractivity contribution is 0.0843. The molecule has 1 aliphatic heterocycles. The number of hydrogen-bond acceptors (Lipinski definition) is 3. The van der Waals surface area contributed by atoms with Crippen molar-refractivity contribution in [1.29, 1.82) is 0 Å². The molecule has 1 heterocycles. The number of quaternary nitrogens is 1. The van der Waals surface area contributed by atoms with Crippen molar-refractivity contribution in [3.63, 3.8) is 0 Å². The van der Waals surface area contributed by atoms with Gasteiger partial charge in [-0.05, 0) is 11.6 Å². The van der Waals surface area contributed by atoms with Gasteiger partial charge in [-0.15, -0.1) is 0 Å². The smallest absolute Gasteiger partial charge is 0.435 e. The topological polar surface area (TPSA) is 74.6 Å². The van der Waals surface area contributed by atoms with Gasteiger partial charge >= 0.3 is 6.09 Å². The summed E-state index contributed by atoms with van der Waals surface area (Å²) in [5, 5.41) is 19.5. The second kappa shape index (κ2) is 7.17. The minimum Gasteiger partial charge on any atom is -0.435 e. The summed E-state index contributed by atoms with van der Waals surface area (Å²) in [6.07, 6.45) is 0.0666. The first-order chi connectivity index (χ1) is 12.1. The fourth-order valence-corrected chi connectivity index (χ4v) is 3.83. The van der Waals surface area contributed by atoms with E-state index in [1.807, 2.05) is 30.3 Å². The number of Topliss-reactive ketones (excluding diaryl/α,β-unsaturated/α-hetero) is 1. The molecule has 0 saturated carbocycles. The van der Waals surface area contributed by atoms with E-state index < -0.39 is 12.1 Å². The van der Waals surface area contributed by atoms with Crippen LogP contribution in [0.5, 0.6) is 0 Å². The van der Waals surface area contributed by atoms with Gasteiger partial charge < -0.3 is 10.2 Å². The van der Waals surface area contributed by atoms with Crippen LogP contribution in [-0.2, 0) is 6.42 Å². The second-order valence-corrected chi connectivity index (χ2v) is 6.44. The summed E-state index contributed by atoms with van der Waals surface area (Å²) in [5.41, 5.74) is 2.01. The predicted molar refractivity (Wildman–Crippen MR) is 95.7 cm³/mol. The highest BCUT2D eigenvalue weighted by molar-refractivity contribution is 6.06. The summed E-state index contributed by atoms with van der Waals surface area (Å²) in [4.78, 5) is 25.0. The fourth-order valence-electron chi connectivity index (χ4n) is 3.83. The van der Waals surface area contributed by atoms with Crippen molar-refractivity contribution >= 4 is 17.6 Å². The van der Waals surface area contributed by atoms with Crippen LogP contribution >= 0.6 is 0 Å². The molecular weight excluding hydrogens is 318 g/mol. The highest BCUT2D eigenvalue weighted by atomic mass is 16.4. The number of rotatable bonds is 5. The van der Waals surface area contributed by atoms with Crippen molar-refractivity contribution in [3.8, 4) is 0 Å². The number of carbonyl (C=O) groups is 2. The van der Waals surface area contributed by atoms with E-state index in [2.05, 4.69) is 0 Å². The second-order valence-electron chi connectivity index (χ2n) is 6.44. The van der Waals surface area contributed by atoms with Crippen LogP contribution in [-0.4, -0.2) is 41.3 Å². The fraction of sp³-hybridized carbons (Fsp3) is 0.300. The van der Waals surface area contributed by atoms with Crippen LogP contribution in [0.4, 0.5) is 10.5 Å². The van der Waals surface area contributed by atoms with Gasteiger partial charge in [-0.3, -0.25) is 4.79 Å². The Morgan fingerprint density at radius 1 is 1.08 bits per heavy atom. The van der Waals surface area contributed by atoms with Crippen molar-refractivity contribution in [2.24, 2.45) is 0 Å². The number of carboxylic acid groups (broad SMARTS) is 1. The van der Waals surface area contributed by atoms with Crippen LogP contribution in [0.15, 0.2) is 54.6 Å². The quantitative estimate of drug-likeness (QED) is 0.820. The third kappa shape index (κ3) is 3.08. The van der Waals surface area contributed by atoms with Gasteiger partial charge in [0.1, 0.15) is 6.04 Å². The monoisotopic (exact) mass is 340 g/mol. The van der Waals surface area contributed by atoms with Gasteiger partial charge in [0.15, 0.2) is 11.5 Å². The van der Waals surface area contributed by atoms with E-state index in [4.69, 9.17) is 0 Å². The van der Waals surface area contributed by atoms with Gasteiger partial charge in [-0.2, -0.15) is 9.28 Å². The molecule has 2 unspecified atom stereocenters. The highest BCUT2D eigenvalue weighted by Crippen LogP contribution is 2.39. The van der Waals surface area contributed by atoms with Crippen molar-refractivity contribution < 1.29 is 19.8 Å². The number of aliphatic hydroxyl groups excluding tert-OH is 1. The first-order valence-corrected chi connectivity index (χ1v) is 8.48. The lowest BCUT2D eigenvalue weighted by Gasteiger charge is -2.42. The molecule has 0 saturated heterocycles. The molecule has 0 fully saturated rings. The first kappa shape index (κ1) is 17.3. The summed E-state index contributed by atoms with van der Waals surface area (Å²) in [6, 6.07) is 16.2. The zero-order chi connectivity index (χ0) is 17.9. The number of nitrogens with zero attached hydrogens (tertiary/aromatic N) is 1. The van der Waals surface area contributed by atoms with Gasteiger partial charge in [-0.25, -0.2) is 0 Å². The Labute approximate surface area is 146 Å². The molecule has 5 nitrogen and oxygen atoms in total. The third-order valence-corrected chi connectivity index (χ3v) is 5.00. The molecule has 0 aromatic heterocycles. The predicted octanol–water partition coefficient (Wildman–Crippen LogP) is 3.25. The molecule has 0 radical (unpaired) electrons. The van der Waals surface area contributed by atoms with Crippen LogP contribution in [0.2, 0.25) is 0 Å². The normalized spacial score (nSPS) is 22.4. The zero-order valence-electron chi connectivity index (χ0n) is 14.0. The van der Waals surface area contributed by atoms with Crippen LogP contribution in [0.3, 0.4) is 0 Å². The first-order valence-electron chi connectivity index (χ1n) is 8.48. The Morgan fingerprint density at radius 2 is 1.76 bits per heavy atom. The van der Waals surface area contributed by atoms with E-state index in [0.717, 1.165) is 5.56 Å². The van der Waals surface area contributed by atoms with Crippen LogP contribution in [0, 0.1) is 0 Å². The highest BCUT2D eigenvalue weighted by Gasteiger charge is 2.52. The van der Waals surface area contributed by atoms with Gasteiger partial charge in [0, 0.05) is 25.5 Å². The Morgan fingerprint density at radius 3 is 2.44 bits per heavy atom. The van der Waals surface area contributed by atoms with Gasteiger partial charge in [0.25, 0.3) is 0 Å². The molecule has 5 heteroatoms. The van der Waals surface area contributed by atoms with Crippen molar-refractivity contribution in [3.05, 3.63) is 65.7 Å². The largest absolute Gasteiger partial charge is 0.519 e. The van der Waals surface area contributed by atoms with Crippen LogP contribution < -0.4 is 4.48 Å². The number of aliphatic hydroxyl groups is 1. The Bertz CT molecular complexity index is 774. The van der Waals surface area contributed by atoms with Crippen molar-refractivity contribution in [2.75, 3.05) is 13.2 Å². The molecule has 25 heavy (non-hydrogen) atoms. The number of para-hydroxylation sites is 1. The summed E-state index contributed by atoms with van der Waals surface area (Å²) >= 11 is 0. The van der Waals surface area contributed by atoms with E-state index in [9.17, 15) is 19.8 Å². The zero-order valence-corrected chi connectivity index (χ0v) is 14.0. The minimum absolute atomic E-state index is 0.0180. The van der Waals surface area contributed by atoms with E-state index >= 15 is 0 Å². The Balaban J connectivity index is 2.11. The SMILES string of the molecule is O=C1CC(Cc2ccccc2)[N+](CCCO)(C(=O)O)c2ccccc21. The van der Waals surface area contributed by atoms with Gasteiger partial charge in [0.2, 0.25) is 0 Å². The number of ketones is 1. The summed E-state index contributed by atoms with van der Waals surface area (Å²) in [5.74, 6) is -0.0180. The van der Waals surface area contributed by atoms with E-state index in [1.165, 1.54) is 0 Å². The molecule has 2 atom stereocenters. The molecule has 2 N–H and O–H groups in total. The molecule has 0 aliphatic carbocycles. The van der Waals surface area contributed by atoms with Gasteiger partial charge in [0.05, 0.1) is 18.5 Å². The van der Waals surface area contributed by atoms with Crippen LogP contribution in [0.1, 0.15) is 28.8 Å². The summed E-state index contributed by atoms with van der Waals surface area (Å²) < 4.78 is -0.308. The molecule has 0 spiro atoms. The summed E-state index contributed by atoms with van der Waals surface area (Å²) in [6.45, 7) is 0.176. The Hall–Kier alpha value is -2.50. The molecule has 2 aromatic rings. The van der Waals surface area contributed by atoms with Crippen LogP contribution in [0.25, 0.3) is 0 Å². The number of carbonyl (C=O) groups excluding carboxylic acids is 1. The Kier molecular flexibility index (Phi) is 4.97. The molecule has 2 aromatic carbocycles. The molecule has 0 bridgehead atoms. The molecule has 1 aliphatic rings. The number of fused-ring (bicyclic) bond motifs is 1. The molecular formula is C20H22NO4+. The molecule has 1 amide bonds. The number of hydrogen-bond donors (Lipinski definition) is 2. The van der Waals surface area contributed by atoms with E-state index in [-0.39, 0.29) is 29.8 Å². The lowest BCUT2D eigenvalue weighted by Crippen LogP contribution is -2.64. The number of amides is 1. The lowest BCUT2D eigenvalue weighted by atomic mass is 9.88. The van der Waals surface area contributed by atoms with Crippen molar-refractivity contribution in [1.82, 2.24) is 4.48 Å².